The first kappa shape index (κ1) is 8.88. The molecule has 2 heterocycles. The second-order valence-corrected chi connectivity index (χ2v) is 3.23. The van der Waals surface area contributed by atoms with E-state index < -0.39 is 0 Å². The van der Waals surface area contributed by atoms with Gasteiger partial charge in [0.25, 0.3) is 0 Å². The van der Waals surface area contributed by atoms with Crippen molar-refractivity contribution in [3.63, 3.8) is 0 Å². The minimum absolute atomic E-state index is 0.261. The summed E-state index contributed by atoms with van der Waals surface area (Å²) in [5.74, 6) is 0.261. The van der Waals surface area contributed by atoms with E-state index in [1.54, 1.807) is 0 Å². The van der Waals surface area contributed by atoms with Crippen molar-refractivity contribution in [3.8, 4) is 0 Å². The predicted octanol–water partition coefficient (Wildman–Crippen LogP) is 2.63. The molecule has 0 unspecified atom stereocenters. The average Bonchev–Trinajstić information content (AvgIpc) is 2.30. The first-order chi connectivity index (χ1) is 6.88. The molecular formula is C12H12N2. The summed E-state index contributed by atoms with van der Waals surface area (Å²) in [7, 11) is 0. The molecule has 2 aromatic heterocycles. The fourth-order valence-corrected chi connectivity index (χ4v) is 1.42. The van der Waals surface area contributed by atoms with Crippen LogP contribution in [-0.2, 0) is 0 Å². The Morgan fingerprint density at radius 3 is 1.71 bits per heavy atom. The van der Waals surface area contributed by atoms with Crippen molar-refractivity contribution in [2.24, 2.45) is 0 Å². The summed E-state index contributed by atoms with van der Waals surface area (Å²) < 4.78 is 0. The van der Waals surface area contributed by atoms with Gasteiger partial charge >= 0.3 is 0 Å². The van der Waals surface area contributed by atoms with Crippen molar-refractivity contribution >= 4 is 0 Å². The molecular weight excluding hydrogens is 172 g/mol. The van der Waals surface area contributed by atoms with Crippen LogP contribution in [0.1, 0.15) is 24.2 Å². The second kappa shape index (κ2) is 4.01. The topological polar surface area (TPSA) is 25.8 Å². The van der Waals surface area contributed by atoms with Gasteiger partial charge in [0.2, 0.25) is 0 Å². The lowest BCUT2D eigenvalue weighted by molar-refractivity contribution is 0.832. The lowest BCUT2D eigenvalue weighted by atomic mass is 10.0. The summed E-state index contributed by atoms with van der Waals surface area (Å²) in [5.41, 5.74) is 2.12. The van der Waals surface area contributed by atoms with Crippen molar-refractivity contribution in [1.29, 1.82) is 0 Å². The van der Waals surface area contributed by atoms with E-state index in [0.29, 0.717) is 0 Å². The van der Waals surface area contributed by atoms with Crippen LogP contribution in [0.3, 0.4) is 0 Å². The summed E-state index contributed by atoms with van der Waals surface area (Å²) in [6.45, 7) is 2.12. The van der Waals surface area contributed by atoms with Crippen molar-refractivity contribution in [2.45, 2.75) is 12.8 Å². The Morgan fingerprint density at radius 1 is 0.857 bits per heavy atom. The zero-order valence-electron chi connectivity index (χ0n) is 8.09. The Hall–Kier alpha value is -1.70. The highest BCUT2D eigenvalue weighted by atomic mass is 14.7. The number of aromatic nitrogens is 2. The van der Waals surface area contributed by atoms with E-state index in [0.717, 1.165) is 11.4 Å². The molecule has 0 aliphatic rings. The Labute approximate surface area is 83.7 Å². The molecule has 0 aromatic carbocycles. The number of nitrogens with zero attached hydrogens (tertiary/aromatic N) is 2. The highest BCUT2D eigenvalue weighted by Crippen LogP contribution is 2.19. The number of hydrogen-bond acceptors (Lipinski definition) is 2. The monoisotopic (exact) mass is 184 g/mol. The normalized spacial score (nSPS) is 10.4. The van der Waals surface area contributed by atoms with Crippen LogP contribution in [0, 0.1) is 0 Å². The van der Waals surface area contributed by atoms with Gasteiger partial charge < -0.3 is 0 Å². The van der Waals surface area contributed by atoms with Crippen molar-refractivity contribution < 1.29 is 0 Å². The van der Waals surface area contributed by atoms with Gasteiger partial charge in [-0.15, -0.1) is 0 Å². The molecule has 0 atom stereocenters. The van der Waals surface area contributed by atoms with Gasteiger partial charge in [-0.3, -0.25) is 9.97 Å². The third-order valence-electron chi connectivity index (χ3n) is 2.26. The van der Waals surface area contributed by atoms with E-state index in [4.69, 9.17) is 0 Å². The highest BCUT2D eigenvalue weighted by molar-refractivity contribution is 5.21. The summed E-state index contributed by atoms with van der Waals surface area (Å²) in [4.78, 5) is 8.63. The van der Waals surface area contributed by atoms with Gasteiger partial charge in [-0.25, -0.2) is 0 Å². The molecule has 0 N–H and O–H groups in total. The molecule has 2 aromatic rings. The largest absolute Gasteiger partial charge is 0.261 e. The molecule has 0 saturated carbocycles. The quantitative estimate of drug-likeness (QED) is 0.717. The van der Waals surface area contributed by atoms with E-state index in [9.17, 15) is 0 Å². The molecule has 14 heavy (non-hydrogen) atoms. The summed E-state index contributed by atoms with van der Waals surface area (Å²) in [6.07, 6.45) is 3.63. The average molecular weight is 184 g/mol. The summed E-state index contributed by atoms with van der Waals surface area (Å²) in [6, 6.07) is 11.9. The molecule has 0 amide bonds. The van der Waals surface area contributed by atoms with Crippen LogP contribution < -0.4 is 0 Å². The zero-order valence-corrected chi connectivity index (χ0v) is 8.09. The molecule has 0 radical (unpaired) electrons. The minimum atomic E-state index is 0.261. The fraction of sp³-hybridized carbons (Fsp3) is 0.167. The number of hydrogen-bond donors (Lipinski definition) is 0. The minimum Gasteiger partial charge on any atom is -0.261 e. The molecule has 0 aliphatic carbocycles. The van der Waals surface area contributed by atoms with E-state index >= 15 is 0 Å². The highest BCUT2D eigenvalue weighted by Gasteiger charge is 2.09. The summed E-state index contributed by atoms with van der Waals surface area (Å²) in [5, 5.41) is 0. The van der Waals surface area contributed by atoms with Crippen LogP contribution >= 0.6 is 0 Å². The van der Waals surface area contributed by atoms with Crippen LogP contribution in [-0.4, -0.2) is 9.97 Å². The Kier molecular flexibility index (Phi) is 2.54. The molecule has 0 bridgehead atoms. The third kappa shape index (κ3) is 1.79. The van der Waals surface area contributed by atoms with Crippen LogP contribution in [0.25, 0.3) is 0 Å². The molecule has 0 saturated heterocycles. The van der Waals surface area contributed by atoms with E-state index in [1.165, 1.54) is 0 Å². The molecule has 0 fully saturated rings. The van der Waals surface area contributed by atoms with Crippen LogP contribution in [0.4, 0.5) is 0 Å². The molecule has 0 spiro atoms. The lowest BCUT2D eigenvalue weighted by Gasteiger charge is -2.09. The first-order valence-corrected chi connectivity index (χ1v) is 4.70. The van der Waals surface area contributed by atoms with E-state index in [1.807, 2.05) is 48.8 Å². The van der Waals surface area contributed by atoms with Crippen molar-refractivity contribution in [2.75, 3.05) is 0 Å². The Balaban J connectivity index is 2.30. The zero-order chi connectivity index (χ0) is 9.80. The molecule has 2 nitrogen and oxygen atoms in total. The number of rotatable bonds is 2. The van der Waals surface area contributed by atoms with Crippen molar-refractivity contribution in [3.05, 3.63) is 60.2 Å². The van der Waals surface area contributed by atoms with Gasteiger partial charge in [-0.1, -0.05) is 19.1 Å². The predicted molar refractivity (Wildman–Crippen MR) is 56.0 cm³/mol. The van der Waals surface area contributed by atoms with E-state index in [-0.39, 0.29) is 5.92 Å². The SMILES string of the molecule is CC(c1ccccn1)c1ccccn1. The maximum atomic E-state index is 4.32. The Morgan fingerprint density at radius 2 is 1.36 bits per heavy atom. The van der Waals surface area contributed by atoms with Gasteiger partial charge in [0, 0.05) is 29.7 Å². The third-order valence-corrected chi connectivity index (χ3v) is 2.26. The fourth-order valence-electron chi connectivity index (χ4n) is 1.42. The van der Waals surface area contributed by atoms with Gasteiger partial charge in [0.15, 0.2) is 0 Å². The first-order valence-electron chi connectivity index (χ1n) is 4.70. The van der Waals surface area contributed by atoms with Gasteiger partial charge in [-0.2, -0.15) is 0 Å². The summed E-state index contributed by atoms with van der Waals surface area (Å²) >= 11 is 0. The maximum Gasteiger partial charge on any atom is 0.0491 e. The second-order valence-electron chi connectivity index (χ2n) is 3.23. The van der Waals surface area contributed by atoms with Crippen LogP contribution in [0.2, 0.25) is 0 Å². The molecule has 2 heteroatoms. The van der Waals surface area contributed by atoms with Gasteiger partial charge in [-0.05, 0) is 24.3 Å². The number of pyridine rings is 2. The van der Waals surface area contributed by atoms with Crippen LogP contribution in [0.5, 0.6) is 0 Å². The van der Waals surface area contributed by atoms with Gasteiger partial charge in [0.05, 0.1) is 0 Å². The standard InChI is InChI=1S/C12H12N2/c1-10(11-6-2-4-8-13-11)12-7-3-5-9-14-12/h2-10H,1H3. The Bertz CT molecular complexity index is 344. The smallest absolute Gasteiger partial charge is 0.0491 e. The van der Waals surface area contributed by atoms with Crippen LogP contribution in [0.15, 0.2) is 48.8 Å². The molecule has 70 valence electrons. The van der Waals surface area contributed by atoms with Gasteiger partial charge in [0.1, 0.15) is 0 Å². The molecule has 0 aliphatic heterocycles. The maximum absolute atomic E-state index is 4.32. The lowest BCUT2D eigenvalue weighted by Crippen LogP contribution is -2.00. The van der Waals surface area contributed by atoms with E-state index in [2.05, 4.69) is 16.9 Å². The van der Waals surface area contributed by atoms with Crippen molar-refractivity contribution in [1.82, 2.24) is 9.97 Å². The molecule has 2 rings (SSSR count).